The molecule has 0 aliphatic rings. The normalized spacial score (nSPS) is 11.0. The van der Waals surface area contributed by atoms with Crippen molar-refractivity contribution in [3.8, 4) is 5.75 Å². The van der Waals surface area contributed by atoms with E-state index in [1.54, 1.807) is 13.8 Å². The maximum atomic E-state index is 12.7. The first-order valence-corrected chi connectivity index (χ1v) is 10.2. The van der Waals surface area contributed by atoms with E-state index < -0.39 is 16.1 Å². The fourth-order valence-electron chi connectivity index (χ4n) is 2.16. The third kappa shape index (κ3) is 5.92. The van der Waals surface area contributed by atoms with E-state index in [4.69, 9.17) is 32.7 Å². The molecule has 0 aliphatic heterocycles. The van der Waals surface area contributed by atoms with Gasteiger partial charge in [-0.05, 0) is 50.2 Å². The van der Waals surface area contributed by atoms with Crippen LogP contribution < -0.4 is 14.8 Å². The standard InChI is InChI=1S/C17H18Cl2N2O5S/c1-3-25-16-6-5-14(10-15(16)20-17(22)26-4-2)27(23,24)21-13-8-11(18)7-12(19)9-13/h5-10,21H,3-4H2,1-2H3,(H,20,22). The first-order valence-electron chi connectivity index (χ1n) is 7.94. The second kappa shape index (κ2) is 9.16. The molecule has 0 saturated heterocycles. The zero-order valence-corrected chi connectivity index (χ0v) is 16.9. The SMILES string of the molecule is CCOC(=O)Nc1cc(S(=O)(=O)Nc2cc(Cl)cc(Cl)c2)ccc1OCC. The Morgan fingerprint density at radius 1 is 1.04 bits per heavy atom. The van der Waals surface area contributed by atoms with Gasteiger partial charge in [0.25, 0.3) is 10.0 Å². The van der Waals surface area contributed by atoms with Crippen LogP contribution in [0.15, 0.2) is 41.3 Å². The van der Waals surface area contributed by atoms with Gasteiger partial charge in [-0.3, -0.25) is 10.0 Å². The van der Waals surface area contributed by atoms with Gasteiger partial charge in [-0.25, -0.2) is 13.2 Å². The van der Waals surface area contributed by atoms with E-state index in [2.05, 4.69) is 10.0 Å². The van der Waals surface area contributed by atoms with Crippen molar-refractivity contribution in [2.24, 2.45) is 0 Å². The summed E-state index contributed by atoms with van der Waals surface area (Å²) >= 11 is 11.8. The molecule has 0 spiro atoms. The molecule has 2 N–H and O–H groups in total. The number of ether oxygens (including phenoxy) is 2. The van der Waals surface area contributed by atoms with Crippen molar-refractivity contribution in [1.82, 2.24) is 0 Å². The highest BCUT2D eigenvalue weighted by atomic mass is 35.5. The number of anilines is 2. The number of amides is 1. The Labute approximate surface area is 167 Å². The van der Waals surface area contributed by atoms with Crippen LogP contribution in [0.1, 0.15) is 13.8 Å². The van der Waals surface area contributed by atoms with Crippen molar-refractivity contribution < 1.29 is 22.7 Å². The molecule has 27 heavy (non-hydrogen) atoms. The lowest BCUT2D eigenvalue weighted by Crippen LogP contribution is -2.16. The summed E-state index contributed by atoms with van der Waals surface area (Å²) in [5.74, 6) is 0.315. The zero-order valence-electron chi connectivity index (χ0n) is 14.6. The molecular formula is C17H18Cl2N2O5S. The maximum Gasteiger partial charge on any atom is 0.411 e. The Balaban J connectivity index is 2.36. The maximum absolute atomic E-state index is 12.7. The van der Waals surface area contributed by atoms with Crippen molar-refractivity contribution in [1.29, 1.82) is 0 Å². The molecule has 0 atom stereocenters. The number of rotatable bonds is 7. The molecule has 0 fully saturated rings. The monoisotopic (exact) mass is 432 g/mol. The van der Waals surface area contributed by atoms with Crippen LogP contribution in [0.3, 0.4) is 0 Å². The van der Waals surface area contributed by atoms with Gasteiger partial charge < -0.3 is 9.47 Å². The molecule has 0 aromatic heterocycles. The van der Waals surface area contributed by atoms with Gasteiger partial charge in [0, 0.05) is 10.0 Å². The Morgan fingerprint density at radius 3 is 2.30 bits per heavy atom. The second-order valence-corrected chi connectivity index (χ2v) is 7.76. The van der Waals surface area contributed by atoms with Crippen LogP contribution in [0, 0.1) is 0 Å². The highest BCUT2D eigenvalue weighted by molar-refractivity contribution is 7.92. The molecule has 0 bridgehead atoms. The van der Waals surface area contributed by atoms with Crippen LogP contribution in [0.4, 0.5) is 16.2 Å². The minimum atomic E-state index is -3.96. The molecule has 0 radical (unpaired) electrons. The molecule has 0 aliphatic carbocycles. The van der Waals surface area contributed by atoms with Gasteiger partial charge in [-0.2, -0.15) is 0 Å². The van der Waals surface area contributed by atoms with Crippen molar-refractivity contribution in [2.75, 3.05) is 23.3 Å². The fourth-order valence-corrected chi connectivity index (χ4v) is 3.75. The molecule has 7 nitrogen and oxygen atoms in total. The van der Waals surface area contributed by atoms with E-state index in [0.29, 0.717) is 12.4 Å². The lowest BCUT2D eigenvalue weighted by molar-refractivity contribution is 0.167. The Hall–Kier alpha value is -2.16. The van der Waals surface area contributed by atoms with Crippen molar-refractivity contribution in [2.45, 2.75) is 18.7 Å². The average Bonchev–Trinajstić information content (AvgIpc) is 2.55. The molecule has 2 rings (SSSR count). The van der Waals surface area contributed by atoms with Gasteiger partial charge in [-0.1, -0.05) is 23.2 Å². The lowest BCUT2D eigenvalue weighted by atomic mass is 10.3. The van der Waals surface area contributed by atoms with Gasteiger partial charge >= 0.3 is 6.09 Å². The number of nitrogens with one attached hydrogen (secondary N) is 2. The molecule has 0 unspecified atom stereocenters. The summed E-state index contributed by atoms with van der Waals surface area (Å²) in [5.41, 5.74) is 0.378. The highest BCUT2D eigenvalue weighted by Crippen LogP contribution is 2.30. The van der Waals surface area contributed by atoms with E-state index in [9.17, 15) is 13.2 Å². The minimum absolute atomic E-state index is 0.0890. The lowest BCUT2D eigenvalue weighted by Gasteiger charge is -2.14. The number of benzene rings is 2. The number of sulfonamides is 1. The summed E-state index contributed by atoms with van der Waals surface area (Å²) in [4.78, 5) is 11.6. The Morgan fingerprint density at radius 2 is 1.70 bits per heavy atom. The van der Waals surface area contributed by atoms with E-state index in [-0.39, 0.29) is 32.9 Å². The van der Waals surface area contributed by atoms with Crippen LogP contribution in [-0.4, -0.2) is 27.7 Å². The largest absolute Gasteiger partial charge is 0.492 e. The van der Waals surface area contributed by atoms with Gasteiger partial charge in [-0.15, -0.1) is 0 Å². The molecular weight excluding hydrogens is 415 g/mol. The van der Waals surface area contributed by atoms with Crippen LogP contribution in [0.2, 0.25) is 10.0 Å². The third-order valence-electron chi connectivity index (χ3n) is 3.19. The molecule has 0 heterocycles. The van der Waals surface area contributed by atoms with Crippen LogP contribution in [-0.2, 0) is 14.8 Å². The van der Waals surface area contributed by atoms with E-state index in [1.807, 2.05) is 0 Å². The molecule has 1 amide bonds. The molecule has 2 aromatic rings. The van der Waals surface area contributed by atoms with Gasteiger partial charge in [0.2, 0.25) is 0 Å². The molecule has 10 heteroatoms. The van der Waals surface area contributed by atoms with E-state index >= 15 is 0 Å². The van der Waals surface area contributed by atoms with Crippen molar-refractivity contribution in [3.05, 3.63) is 46.4 Å². The van der Waals surface area contributed by atoms with E-state index in [1.165, 1.54) is 36.4 Å². The number of hydrogen-bond acceptors (Lipinski definition) is 5. The first-order chi connectivity index (χ1) is 12.7. The number of hydrogen-bond donors (Lipinski definition) is 2. The fraction of sp³-hybridized carbons (Fsp3) is 0.235. The molecule has 2 aromatic carbocycles. The minimum Gasteiger partial charge on any atom is -0.492 e. The predicted molar refractivity (Wildman–Crippen MR) is 106 cm³/mol. The molecule has 0 saturated carbocycles. The zero-order chi connectivity index (χ0) is 20.0. The summed E-state index contributed by atoms with van der Waals surface area (Å²) in [5, 5.41) is 3.05. The Kier molecular flexibility index (Phi) is 7.18. The molecule has 146 valence electrons. The Bertz CT molecular complexity index is 915. The van der Waals surface area contributed by atoms with Crippen LogP contribution in [0.5, 0.6) is 5.75 Å². The topological polar surface area (TPSA) is 93.7 Å². The number of carbonyl (C=O) groups excluding carboxylic acids is 1. The number of carbonyl (C=O) groups is 1. The summed E-state index contributed by atoms with van der Waals surface area (Å²) in [6, 6.07) is 8.42. The van der Waals surface area contributed by atoms with E-state index in [0.717, 1.165) is 0 Å². The summed E-state index contributed by atoms with van der Waals surface area (Å²) in [6.45, 7) is 3.93. The van der Waals surface area contributed by atoms with Crippen LogP contribution >= 0.6 is 23.2 Å². The summed E-state index contributed by atoms with van der Waals surface area (Å²) < 4.78 is 38.0. The predicted octanol–water partition coefficient (Wildman–Crippen LogP) is 4.76. The van der Waals surface area contributed by atoms with Crippen molar-refractivity contribution in [3.63, 3.8) is 0 Å². The quantitative estimate of drug-likeness (QED) is 0.657. The smallest absolute Gasteiger partial charge is 0.411 e. The van der Waals surface area contributed by atoms with Crippen molar-refractivity contribution >= 4 is 50.7 Å². The number of halogens is 2. The summed E-state index contributed by atoms with van der Waals surface area (Å²) in [7, 11) is -3.96. The average molecular weight is 433 g/mol. The van der Waals surface area contributed by atoms with Gasteiger partial charge in [0.1, 0.15) is 5.75 Å². The first kappa shape index (κ1) is 21.1. The van der Waals surface area contributed by atoms with Crippen LogP contribution in [0.25, 0.3) is 0 Å². The third-order valence-corrected chi connectivity index (χ3v) is 5.00. The van der Waals surface area contributed by atoms with Gasteiger partial charge in [0.15, 0.2) is 0 Å². The van der Waals surface area contributed by atoms with Gasteiger partial charge in [0.05, 0.1) is 29.5 Å². The second-order valence-electron chi connectivity index (χ2n) is 5.20. The highest BCUT2D eigenvalue weighted by Gasteiger charge is 2.19. The summed E-state index contributed by atoms with van der Waals surface area (Å²) in [6.07, 6.45) is -0.720.